The number of hydrogen-bond acceptors (Lipinski definition) is 5. The van der Waals surface area contributed by atoms with Crippen LogP contribution in [0.4, 0.5) is 4.39 Å². The summed E-state index contributed by atoms with van der Waals surface area (Å²) < 4.78 is 17.0. The topological polar surface area (TPSA) is 89.8 Å². The largest absolute Gasteiger partial charge is 0.401 e. The summed E-state index contributed by atoms with van der Waals surface area (Å²) in [6.07, 6.45) is 5.02. The molecule has 2 N–H and O–H groups in total. The number of halogens is 3. The number of rotatable bonds is 5. The minimum Gasteiger partial charge on any atom is -0.401 e. The Morgan fingerprint density at radius 3 is 2.79 bits per heavy atom. The Morgan fingerprint density at radius 1 is 1.21 bits per heavy atom. The second-order valence-electron chi connectivity index (χ2n) is 7.98. The van der Waals surface area contributed by atoms with Crippen LogP contribution in [0.15, 0.2) is 41.5 Å². The van der Waals surface area contributed by atoms with Crippen molar-refractivity contribution in [1.29, 1.82) is 0 Å². The molecular weight excluding hydrogens is 470 g/mol. The molecule has 4 aromatic rings. The van der Waals surface area contributed by atoms with Gasteiger partial charge in [0, 0.05) is 22.3 Å². The molecule has 33 heavy (non-hydrogen) atoms. The summed E-state index contributed by atoms with van der Waals surface area (Å²) in [5, 5.41) is 7.95. The summed E-state index contributed by atoms with van der Waals surface area (Å²) in [4.78, 5) is 25.7. The lowest BCUT2D eigenvalue weighted by Gasteiger charge is -2.22. The Labute approximate surface area is 198 Å². The van der Waals surface area contributed by atoms with Crippen molar-refractivity contribution in [3.05, 3.63) is 68.6 Å². The second-order valence-corrected chi connectivity index (χ2v) is 8.77. The Bertz CT molecular complexity index is 1380. The van der Waals surface area contributed by atoms with Gasteiger partial charge in [0.05, 0.1) is 23.0 Å². The molecule has 1 saturated heterocycles. The van der Waals surface area contributed by atoms with Crippen molar-refractivity contribution in [2.24, 2.45) is 0 Å². The van der Waals surface area contributed by atoms with E-state index in [9.17, 15) is 9.18 Å². The molecule has 3 aromatic heterocycles. The maximum absolute atomic E-state index is 13.9. The lowest BCUT2D eigenvalue weighted by atomic mass is 10.1. The highest BCUT2D eigenvalue weighted by atomic mass is 35.5. The van der Waals surface area contributed by atoms with Crippen LogP contribution in [0.1, 0.15) is 37.5 Å². The summed E-state index contributed by atoms with van der Waals surface area (Å²) in [5.74, 6) is -0.617. The van der Waals surface area contributed by atoms with Crippen LogP contribution in [0.25, 0.3) is 22.4 Å². The molecule has 1 atom stereocenters. The standard InChI is InChI=1S/C22H21Cl2FN6O2/c1-12(19-15(23)2-3-16(25)20(19)24)33-31-18-5-4-17(28-21(18)29-22(31)32)13-10-27-30(11-13)14-6-8-26-9-7-14/h2-5,10-12,14,26H,6-9H2,1H3,(H,28,29,32). The monoisotopic (exact) mass is 490 g/mol. The summed E-state index contributed by atoms with van der Waals surface area (Å²) in [5.41, 5.74) is 2.07. The minimum absolute atomic E-state index is 0.144. The molecule has 0 saturated carbocycles. The van der Waals surface area contributed by atoms with Gasteiger partial charge in [-0.1, -0.05) is 23.2 Å². The highest BCUT2D eigenvalue weighted by Crippen LogP contribution is 2.33. The van der Waals surface area contributed by atoms with Crippen LogP contribution in [0.5, 0.6) is 0 Å². The summed E-state index contributed by atoms with van der Waals surface area (Å²) in [6, 6.07) is 6.47. The average molecular weight is 491 g/mol. The lowest BCUT2D eigenvalue weighted by Crippen LogP contribution is -2.29. The lowest BCUT2D eigenvalue weighted by molar-refractivity contribution is 0.0492. The van der Waals surface area contributed by atoms with Gasteiger partial charge in [-0.05, 0) is 57.1 Å². The van der Waals surface area contributed by atoms with Gasteiger partial charge < -0.3 is 10.2 Å². The Hall–Kier alpha value is -2.88. The first-order valence-corrected chi connectivity index (χ1v) is 11.4. The number of H-pyrrole nitrogens is 1. The number of fused-ring (bicyclic) bond motifs is 1. The molecule has 4 heterocycles. The number of nitrogens with one attached hydrogen (secondary N) is 2. The van der Waals surface area contributed by atoms with Gasteiger partial charge in [-0.2, -0.15) is 5.10 Å². The number of hydrogen-bond donors (Lipinski definition) is 2. The predicted octanol–water partition coefficient (Wildman–Crippen LogP) is 4.15. The van der Waals surface area contributed by atoms with Gasteiger partial charge in [-0.15, -0.1) is 4.73 Å². The van der Waals surface area contributed by atoms with Crippen molar-refractivity contribution in [3.8, 4) is 11.3 Å². The molecule has 8 nitrogen and oxygen atoms in total. The zero-order valence-electron chi connectivity index (χ0n) is 17.7. The second kappa shape index (κ2) is 8.81. The Morgan fingerprint density at radius 2 is 2.00 bits per heavy atom. The molecule has 11 heteroatoms. The maximum Gasteiger partial charge on any atom is 0.360 e. The smallest absolute Gasteiger partial charge is 0.360 e. The fourth-order valence-electron chi connectivity index (χ4n) is 4.10. The van der Waals surface area contributed by atoms with Crippen LogP contribution in [0, 0.1) is 5.82 Å². The van der Waals surface area contributed by atoms with Gasteiger partial charge in [0.15, 0.2) is 11.8 Å². The van der Waals surface area contributed by atoms with E-state index < -0.39 is 17.6 Å². The van der Waals surface area contributed by atoms with Crippen molar-refractivity contribution in [2.45, 2.75) is 31.9 Å². The number of imidazole rings is 1. The molecule has 1 aliphatic heterocycles. The third-order valence-corrected chi connectivity index (χ3v) is 6.55. The molecule has 1 aromatic carbocycles. The van der Waals surface area contributed by atoms with E-state index in [1.165, 1.54) is 12.1 Å². The van der Waals surface area contributed by atoms with Gasteiger partial charge in [0.1, 0.15) is 11.3 Å². The summed E-state index contributed by atoms with van der Waals surface area (Å²) in [7, 11) is 0. The molecular formula is C22H21Cl2FN6O2. The third kappa shape index (κ3) is 4.12. The molecule has 172 valence electrons. The first-order chi connectivity index (χ1) is 15.9. The third-order valence-electron chi connectivity index (χ3n) is 5.83. The molecule has 5 rings (SSSR count). The van der Waals surface area contributed by atoms with E-state index in [2.05, 4.69) is 20.4 Å². The van der Waals surface area contributed by atoms with Crippen molar-refractivity contribution in [2.75, 3.05) is 13.1 Å². The number of pyridine rings is 1. The summed E-state index contributed by atoms with van der Waals surface area (Å²) >= 11 is 12.3. The molecule has 1 unspecified atom stereocenters. The fraction of sp³-hybridized carbons (Fsp3) is 0.318. The molecule has 1 fully saturated rings. The molecule has 0 bridgehead atoms. The molecule has 0 amide bonds. The van der Waals surface area contributed by atoms with Gasteiger partial charge in [-0.3, -0.25) is 9.67 Å². The van der Waals surface area contributed by atoms with E-state index in [4.69, 9.17) is 28.0 Å². The minimum atomic E-state index is -0.791. The first-order valence-electron chi connectivity index (χ1n) is 10.6. The normalized spacial score (nSPS) is 15.8. The predicted molar refractivity (Wildman–Crippen MR) is 124 cm³/mol. The van der Waals surface area contributed by atoms with E-state index in [0.29, 0.717) is 22.9 Å². The van der Waals surface area contributed by atoms with Gasteiger partial charge in [0.25, 0.3) is 0 Å². The molecule has 0 aliphatic carbocycles. The zero-order chi connectivity index (χ0) is 23.1. The molecule has 1 aliphatic rings. The van der Waals surface area contributed by atoms with Crippen LogP contribution in [-0.4, -0.2) is 37.6 Å². The van der Waals surface area contributed by atoms with Crippen molar-refractivity contribution >= 4 is 34.4 Å². The highest BCUT2D eigenvalue weighted by Gasteiger charge is 2.22. The average Bonchev–Trinajstić information content (AvgIpc) is 3.42. The van der Waals surface area contributed by atoms with Gasteiger partial charge >= 0.3 is 5.69 Å². The van der Waals surface area contributed by atoms with Gasteiger partial charge in [-0.25, -0.2) is 14.2 Å². The van der Waals surface area contributed by atoms with E-state index in [-0.39, 0.29) is 15.6 Å². The Balaban J connectivity index is 1.44. The number of aromatic nitrogens is 5. The first kappa shape index (κ1) is 21.9. The van der Waals surface area contributed by atoms with E-state index >= 15 is 0 Å². The number of piperidine rings is 1. The van der Waals surface area contributed by atoms with Crippen LogP contribution >= 0.6 is 23.2 Å². The van der Waals surface area contributed by atoms with Crippen LogP contribution in [0.2, 0.25) is 10.0 Å². The molecule has 0 spiro atoms. The zero-order valence-corrected chi connectivity index (χ0v) is 19.2. The summed E-state index contributed by atoms with van der Waals surface area (Å²) in [6.45, 7) is 3.58. The number of benzene rings is 1. The van der Waals surface area contributed by atoms with E-state index in [0.717, 1.165) is 36.2 Å². The van der Waals surface area contributed by atoms with E-state index in [1.807, 2.05) is 10.9 Å². The van der Waals surface area contributed by atoms with Crippen molar-refractivity contribution < 1.29 is 9.23 Å². The molecule has 0 radical (unpaired) electrons. The highest BCUT2D eigenvalue weighted by molar-refractivity contribution is 6.36. The maximum atomic E-state index is 13.9. The number of nitrogens with zero attached hydrogens (tertiary/aromatic N) is 4. The van der Waals surface area contributed by atoms with Crippen LogP contribution in [-0.2, 0) is 0 Å². The van der Waals surface area contributed by atoms with Crippen LogP contribution in [0.3, 0.4) is 0 Å². The van der Waals surface area contributed by atoms with Gasteiger partial charge in [0.2, 0.25) is 0 Å². The Kier molecular flexibility index (Phi) is 5.86. The van der Waals surface area contributed by atoms with Crippen molar-refractivity contribution in [1.82, 2.24) is 29.8 Å². The van der Waals surface area contributed by atoms with Crippen molar-refractivity contribution in [3.63, 3.8) is 0 Å². The van der Waals surface area contributed by atoms with E-state index in [1.54, 1.807) is 25.3 Å². The van der Waals surface area contributed by atoms with Crippen LogP contribution < -0.4 is 15.8 Å². The number of aromatic amines is 1. The fourth-order valence-corrected chi connectivity index (χ4v) is 4.78. The SMILES string of the molecule is CC(On1c(=O)[nH]c2nc(-c3cnn(C4CCNCC4)c3)ccc21)c1c(Cl)ccc(F)c1Cl. The quantitative estimate of drug-likeness (QED) is 0.410.